The van der Waals surface area contributed by atoms with Gasteiger partial charge in [0.25, 0.3) is 0 Å². The normalized spacial score (nSPS) is 14.4. The standard InChI is InChI=1S/C26H26ClN9O2/c1-16-22(38-17-4-6-21-19(12-17)31-15-34(21)2)7-5-18(23(16)27)32-25-24-20(29-14-30-25)13-28-26(33-24)35-8-10-36(37-3)11-9-35/h4-7,12-15H,8-11H2,1-3H3,(H,29,30,32). The lowest BCUT2D eigenvalue weighted by atomic mass is 10.2. The van der Waals surface area contributed by atoms with Crippen LogP contribution in [-0.4, -0.2) is 67.8 Å². The van der Waals surface area contributed by atoms with Crippen LogP contribution in [0.15, 0.2) is 49.2 Å². The van der Waals surface area contributed by atoms with Crippen LogP contribution in [0.3, 0.4) is 0 Å². The molecular formula is C26H26ClN9O2. The lowest BCUT2D eigenvalue weighted by Gasteiger charge is -2.33. The highest BCUT2D eigenvalue weighted by Crippen LogP contribution is 2.37. The number of anilines is 3. The van der Waals surface area contributed by atoms with Crippen LogP contribution in [0.2, 0.25) is 5.02 Å². The van der Waals surface area contributed by atoms with Gasteiger partial charge in [0, 0.05) is 44.9 Å². The van der Waals surface area contributed by atoms with Crippen molar-refractivity contribution in [2.75, 3.05) is 43.5 Å². The molecule has 4 heterocycles. The zero-order valence-electron chi connectivity index (χ0n) is 21.2. The summed E-state index contributed by atoms with van der Waals surface area (Å²) in [4.78, 5) is 29.9. The van der Waals surface area contributed by atoms with Crippen molar-refractivity contribution < 1.29 is 9.57 Å². The second-order valence-corrected chi connectivity index (χ2v) is 9.39. The molecule has 194 valence electrons. The molecule has 1 aliphatic heterocycles. The Kier molecular flexibility index (Phi) is 6.40. The van der Waals surface area contributed by atoms with Crippen molar-refractivity contribution in [2.45, 2.75) is 6.92 Å². The first-order chi connectivity index (χ1) is 18.5. The first-order valence-corrected chi connectivity index (χ1v) is 12.5. The second kappa shape index (κ2) is 10.0. The summed E-state index contributed by atoms with van der Waals surface area (Å²) in [6, 6.07) is 9.56. The summed E-state index contributed by atoms with van der Waals surface area (Å²) in [5, 5.41) is 5.78. The Bertz CT molecular complexity index is 1630. The topological polar surface area (TPSA) is 106 Å². The van der Waals surface area contributed by atoms with Crippen LogP contribution in [0, 0.1) is 6.92 Å². The van der Waals surface area contributed by atoms with Gasteiger partial charge in [0.15, 0.2) is 5.82 Å². The fourth-order valence-corrected chi connectivity index (χ4v) is 4.67. The Morgan fingerprint density at radius 1 is 0.974 bits per heavy atom. The van der Waals surface area contributed by atoms with Crippen molar-refractivity contribution in [3.63, 3.8) is 0 Å². The number of hydrogen-bond acceptors (Lipinski definition) is 10. The van der Waals surface area contributed by atoms with Gasteiger partial charge in [-0.3, -0.25) is 0 Å². The molecule has 1 N–H and O–H groups in total. The maximum absolute atomic E-state index is 6.79. The minimum absolute atomic E-state index is 0.526. The lowest BCUT2D eigenvalue weighted by molar-refractivity contribution is -0.133. The SMILES string of the molecule is CON1CCN(c2ncc3ncnc(Nc4ccc(Oc5ccc6c(c5)ncn6C)c(C)c4Cl)c3n2)CC1. The van der Waals surface area contributed by atoms with Crippen LogP contribution in [0.5, 0.6) is 11.5 Å². The van der Waals surface area contributed by atoms with Crippen molar-refractivity contribution in [3.05, 3.63) is 59.8 Å². The molecule has 1 aliphatic rings. The van der Waals surface area contributed by atoms with Gasteiger partial charge in [-0.25, -0.2) is 24.9 Å². The Balaban J connectivity index is 1.26. The monoisotopic (exact) mass is 531 g/mol. The largest absolute Gasteiger partial charge is 0.457 e. The summed E-state index contributed by atoms with van der Waals surface area (Å²) >= 11 is 6.79. The molecule has 3 aromatic heterocycles. The molecule has 1 saturated heterocycles. The van der Waals surface area contributed by atoms with E-state index >= 15 is 0 Å². The smallest absolute Gasteiger partial charge is 0.226 e. The zero-order valence-corrected chi connectivity index (χ0v) is 22.0. The van der Waals surface area contributed by atoms with Gasteiger partial charge in [-0.05, 0) is 31.2 Å². The third kappa shape index (κ3) is 4.55. The summed E-state index contributed by atoms with van der Waals surface area (Å²) in [5.41, 5.74) is 4.63. The summed E-state index contributed by atoms with van der Waals surface area (Å²) in [6.45, 7) is 4.98. The number of rotatable bonds is 6. The van der Waals surface area contributed by atoms with Gasteiger partial charge in [-0.2, -0.15) is 5.06 Å². The minimum atomic E-state index is 0.526. The predicted molar refractivity (Wildman–Crippen MR) is 146 cm³/mol. The van der Waals surface area contributed by atoms with Crippen molar-refractivity contribution in [3.8, 4) is 11.5 Å². The first kappa shape index (κ1) is 24.3. The fraction of sp³-hybridized carbons (Fsp3) is 0.269. The van der Waals surface area contributed by atoms with Crippen molar-refractivity contribution in [2.24, 2.45) is 7.05 Å². The molecule has 5 aromatic rings. The van der Waals surface area contributed by atoms with E-state index in [0.29, 0.717) is 45.0 Å². The van der Waals surface area contributed by atoms with Gasteiger partial charge in [0.05, 0.1) is 41.4 Å². The van der Waals surface area contributed by atoms with Crippen LogP contribution in [0.4, 0.5) is 17.5 Å². The highest BCUT2D eigenvalue weighted by Gasteiger charge is 2.20. The van der Waals surface area contributed by atoms with E-state index in [4.69, 9.17) is 26.2 Å². The molecule has 11 nitrogen and oxygen atoms in total. The Labute approximate surface area is 224 Å². The number of hydroxylamine groups is 2. The molecule has 0 atom stereocenters. The van der Waals surface area contributed by atoms with Gasteiger partial charge in [0.2, 0.25) is 5.95 Å². The van der Waals surface area contributed by atoms with E-state index in [-0.39, 0.29) is 0 Å². The van der Waals surface area contributed by atoms with E-state index < -0.39 is 0 Å². The lowest BCUT2D eigenvalue weighted by Crippen LogP contribution is -2.46. The second-order valence-electron chi connectivity index (χ2n) is 9.01. The van der Waals surface area contributed by atoms with Crippen LogP contribution in [0.25, 0.3) is 22.1 Å². The van der Waals surface area contributed by atoms with Crippen LogP contribution in [0.1, 0.15) is 5.56 Å². The highest BCUT2D eigenvalue weighted by molar-refractivity contribution is 6.34. The van der Waals surface area contributed by atoms with Gasteiger partial charge < -0.3 is 24.4 Å². The van der Waals surface area contributed by atoms with Gasteiger partial charge in [0.1, 0.15) is 28.9 Å². The van der Waals surface area contributed by atoms with Gasteiger partial charge in [-0.1, -0.05) is 11.6 Å². The van der Waals surface area contributed by atoms with E-state index in [1.165, 1.54) is 6.33 Å². The molecule has 0 spiro atoms. The van der Waals surface area contributed by atoms with E-state index in [1.54, 1.807) is 19.6 Å². The molecule has 0 saturated carbocycles. The first-order valence-electron chi connectivity index (χ1n) is 12.2. The number of piperazine rings is 1. The van der Waals surface area contributed by atoms with Crippen LogP contribution in [-0.2, 0) is 11.9 Å². The third-order valence-corrected chi connectivity index (χ3v) is 7.15. The molecule has 0 radical (unpaired) electrons. The summed E-state index contributed by atoms with van der Waals surface area (Å²) in [6.07, 6.45) is 4.98. The van der Waals surface area contributed by atoms with E-state index in [1.807, 2.05) is 53.9 Å². The van der Waals surface area contributed by atoms with E-state index in [9.17, 15) is 0 Å². The van der Waals surface area contributed by atoms with Crippen molar-refractivity contribution >= 4 is 51.1 Å². The molecule has 2 aromatic carbocycles. The molecule has 6 rings (SSSR count). The summed E-state index contributed by atoms with van der Waals surface area (Å²) in [5.74, 6) is 2.52. The molecule has 38 heavy (non-hydrogen) atoms. The fourth-order valence-electron chi connectivity index (χ4n) is 4.47. The number of nitrogens with zero attached hydrogens (tertiary/aromatic N) is 8. The van der Waals surface area contributed by atoms with Crippen LogP contribution < -0.4 is 15.0 Å². The number of halogens is 1. The molecule has 0 unspecified atom stereocenters. The van der Waals surface area contributed by atoms with Crippen LogP contribution >= 0.6 is 11.6 Å². The Morgan fingerprint density at radius 3 is 2.63 bits per heavy atom. The van der Waals surface area contributed by atoms with Gasteiger partial charge >= 0.3 is 0 Å². The number of imidazole rings is 1. The van der Waals surface area contributed by atoms with E-state index in [2.05, 4.69) is 30.2 Å². The third-order valence-electron chi connectivity index (χ3n) is 6.66. The minimum Gasteiger partial charge on any atom is -0.457 e. The zero-order chi connectivity index (χ0) is 26.2. The molecule has 1 fully saturated rings. The van der Waals surface area contributed by atoms with E-state index in [0.717, 1.165) is 42.8 Å². The average molecular weight is 532 g/mol. The number of benzene rings is 2. The molecule has 0 bridgehead atoms. The number of ether oxygens (including phenoxy) is 1. The maximum Gasteiger partial charge on any atom is 0.226 e. The quantitative estimate of drug-likeness (QED) is 0.337. The number of aryl methyl sites for hydroxylation is 1. The molecule has 0 amide bonds. The van der Waals surface area contributed by atoms with Crippen molar-refractivity contribution in [1.82, 2.24) is 34.6 Å². The number of hydrogen-bond donors (Lipinski definition) is 1. The van der Waals surface area contributed by atoms with Gasteiger partial charge in [-0.15, -0.1) is 0 Å². The number of nitrogens with one attached hydrogen (secondary N) is 1. The van der Waals surface area contributed by atoms with Crippen molar-refractivity contribution in [1.29, 1.82) is 0 Å². The summed E-state index contributed by atoms with van der Waals surface area (Å²) in [7, 11) is 3.64. The number of aromatic nitrogens is 6. The average Bonchev–Trinajstić information content (AvgIpc) is 3.32. The maximum atomic E-state index is 6.79. The predicted octanol–water partition coefficient (Wildman–Crippen LogP) is 4.49. The molecule has 0 aliphatic carbocycles. The summed E-state index contributed by atoms with van der Waals surface area (Å²) < 4.78 is 8.12. The molecule has 12 heteroatoms. The Morgan fingerprint density at radius 2 is 1.82 bits per heavy atom. The Hall–Kier alpha value is -4.06. The number of fused-ring (bicyclic) bond motifs is 2. The molecular weight excluding hydrogens is 506 g/mol. The highest BCUT2D eigenvalue weighted by atomic mass is 35.5.